The van der Waals surface area contributed by atoms with Gasteiger partial charge in [-0.3, -0.25) is 0 Å². The highest BCUT2D eigenvalue weighted by Crippen LogP contribution is 2.46. The van der Waals surface area contributed by atoms with Gasteiger partial charge in [-0.05, 0) is 76.3 Å². The van der Waals surface area contributed by atoms with Crippen LogP contribution in [0.25, 0.3) is 22.5 Å². The molecule has 45 heavy (non-hydrogen) atoms. The van der Waals surface area contributed by atoms with E-state index in [9.17, 15) is 18.0 Å². The molecule has 3 heterocycles. The van der Waals surface area contributed by atoms with Gasteiger partial charge in [0.2, 0.25) is 0 Å². The first-order chi connectivity index (χ1) is 21.5. The Morgan fingerprint density at radius 1 is 1.09 bits per heavy atom. The van der Waals surface area contributed by atoms with Gasteiger partial charge in [0.25, 0.3) is 0 Å². The van der Waals surface area contributed by atoms with Gasteiger partial charge in [0.15, 0.2) is 5.13 Å². The summed E-state index contributed by atoms with van der Waals surface area (Å²) in [6.45, 7) is 6.42. The van der Waals surface area contributed by atoms with Gasteiger partial charge in [0, 0.05) is 40.1 Å². The third kappa shape index (κ3) is 6.72. The standard InChI is InChI=1S/C33H34F3N3O5S/c1-18-13-22(31(40)41-4)11-12-24(18)27-17-45-32(37-27)39-19(2)14-23(15-20(39)3)42-16-26-29(38-44-30(26)21-9-10-21)25-7-5-6-8-28(25)43-33(34,35)36/h5-8,11-13,17,19-21,23H,9-10,14-16H2,1-4H3/t19-,20+,23?. The van der Waals surface area contributed by atoms with Gasteiger partial charge in [0.1, 0.15) is 17.2 Å². The fourth-order valence-corrected chi connectivity index (χ4v) is 7.18. The molecule has 8 nitrogen and oxygen atoms in total. The van der Waals surface area contributed by atoms with E-state index in [-0.39, 0.29) is 48.0 Å². The van der Waals surface area contributed by atoms with Gasteiger partial charge < -0.3 is 23.6 Å². The van der Waals surface area contributed by atoms with Crippen molar-refractivity contribution < 1.29 is 36.7 Å². The molecular formula is C33H34F3N3O5S. The van der Waals surface area contributed by atoms with Crippen LogP contribution in [0, 0.1) is 6.92 Å². The number of hydrogen-bond donors (Lipinski definition) is 0. The maximum absolute atomic E-state index is 13.1. The van der Waals surface area contributed by atoms with E-state index in [1.807, 2.05) is 24.4 Å². The highest BCUT2D eigenvalue weighted by atomic mass is 32.1. The van der Waals surface area contributed by atoms with Crippen LogP contribution in [0.4, 0.5) is 18.3 Å². The molecule has 0 amide bonds. The predicted molar refractivity (Wildman–Crippen MR) is 163 cm³/mol. The molecule has 0 radical (unpaired) electrons. The summed E-state index contributed by atoms with van der Waals surface area (Å²) in [5.41, 5.74) is 4.47. The van der Waals surface area contributed by atoms with Crippen molar-refractivity contribution >= 4 is 22.4 Å². The Bertz CT molecular complexity index is 1670. The van der Waals surface area contributed by atoms with Crippen LogP contribution in [0.2, 0.25) is 0 Å². The van der Waals surface area contributed by atoms with Crippen molar-refractivity contribution in [1.29, 1.82) is 0 Å². The molecule has 1 saturated carbocycles. The molecule has 0 spiro atoms. The van der Waals surface area contributed by atoms with Crippen molar-refractivity contribution in [2.24, 2.45) is 0 Å². The molecule has 6 rings (SSSR count). The van der Waals surface area contributed by atoms with E-state index in [1.165, 1.54) is 19.2 Å². The first-order valence-corrected chi connectivity index (χ1v) is 15.8. The van der Waals surface area contributed by atoms with E-state index >= 15 is 0 Å². The normalized spacial score (nSPS) is 20.3. The lowest BCUT2D eigenvalue weighted by atomic mass is 9.95. The van der Waals surface area contributed by atoms with Crippen molar-refractivity contribution in [3.63, 3.8) is 0 Å². The fourth-order valence-electron chi connectivity index (χ4n) is 6.15. The molecule has 1 unspecified atom stereocenters. The Morgan fingerprint density at radius 2 is 1.82 bits per heavy atom. The van der Waals surface area contributed by atoms with Crippen molar-refractivity contribution in [3.8, 4) is 28.3 Å². The van der Waals surface area contributed by atoms with Crippen LogP contribution >= 0.6 is 11.3 Å². The number of methoxy groups -OCH3 is 1. The van der Waals surface area contributed by atoms with Crippen LogP contribution in [-0.4, -0.2) is 47.8 Å². The van der Waals surface area contributed by atoms with Gasteiger partial charge in [-0.2, -0.15) is 0 Å². The largest absolute Gasteiger partial charge is 0.573 e. The average molecular weight is 642 g/mol. The number of hydrogen-bond acceptors (Lipinski definition) is 9. The number of halogens is 3. The second-order valence-electron chi connectivity index (χ2n) is 11.7. The van der Waals surface area contributed by atoms with Crippen molar-refractivity contribution in [1.82, 2.24) is 10.1 Å². The minimum Gasteiger partial charge on any atom is -0.465 e. The number of rotatable bonds is 9. The monoisotopic (exact) mass is 641 g/mol. The Hall–Kier alpha value is -3.90. The van der Waals surface area contributed by atoms with Crippen LogP contribution in [0.5, 0.6) is 5.75 Å². The second-order valence-corrected chi connectivity index (χ2v) is 12.6. The molecule has 0 bridgehead atoms. The number of alkyl halides is 3. The Labute approximate surface area is 263 Å². The van der Waals surface area contributed by atoms with Gasteiger partial charge in [-0.15, -0.1) is 24.5 Å². The van der Waals surface area contributed by atoms with Crippen molar-refractivity contribution in [3.05, 3.63) is 70.3 Å². The van der Waals surface area contributed by atoms with Crippen LogP contribution in [0.1, 0.15) is 72.7 Å². The number of carbonyl (C=O) groups excluding carboxylic acids is 1. The van der Waals surface area contributed by atoms with E-state index in [0.29, 0.717) is 22.6 Å². The smallest absolute Gasteiger partial charge is 0.465 e. The molecule has 1 aliphatic carbocycles. The van der Waals surface area contributed by atoms with Crippen molar-refractivity contribution in [2.75, 3.05) is 12.0 Å². The Balaban J connectivity index is 1.16. The zero-order chi connectivity index (χ0) is 31.9. The summed E-state index contributed by atoms with van der Waals surface area (Å²) in [5.74, 6) is 0.172. The minimum absolute atomic E-state index is 0.0738. The first-order valence-electron chi connectivity index (χ1n) is 14.9. The first kappa shape index (κ1) is 31.1. The fraction of sp³-hybridized carbons (Fsp3) is 0.424. The summed E-state index contributed by atoms with van der Waals surface area (Å²) in [5, 5.41) is 7.14. The molecule has 0 N–H and O–H groups in total. The number of aromatic nitrogens is 2. The molecular weight excluding hydrogens is 607 g/mol. The molecule has 3 atom stereocenters. The van der Waals surface area contributed by atoms with Gasteiger partial charge >= 0.3 is 12.3 Å². The molecule has 2 aromatic heterocycles. The molecule has 4 aromatic rings. The second kappa shape index (κ2) is 12.5. The number of benzene rings is 2. The third-order valence-electron chi connectivity index (χ3n) is 8.39. The summed E-state index contributed by atoms with van der Waals surface area (Å²) in [4.78, 5) is 19.2. The highest BCUT2D eigenvalue weighted by molar-refractivity contribution is 7.14. The number of para-hydroxylation sites is 1. The van der Waals surface area contributed by atoms with Gasteiger partial charge in [0.05, 0.1) is 31.1 Å². The lowest BCUT2D eigenvalue weighted by Crippen LogP contribution is -2.49. The summed E-state index contributed by atoms with van der Waals surface area (Å²) in [6.07, 6.45) is -1.52. The molecule has 238 valence electrons. The zero-order valence-corrected chi connectivity index (χ0v) is 26.2. The minimum atomic E-state index is -4.83. The van der Waals surface area contributed by atoms with E-state index in [0.717, 1.165) is 47.6 Å². The molecule has 1 aliphatic heterocycles. The lowest BCUT2D eigenvalue weighted by Gasteiger charge is -2.42. The number of anilines is 1. The summed E-state index contributed by atoms with van der Waals surface area (Å²) < 4.78 is 60.7. The topological polar surface area (TPSA) is 86.9 Å². The quantitative estimate of drug-likeness (QED) is 0.169. The summed E-state index contributed by atoms with van der Waals surface area (Å²) in [7, 11) is 1.36. The SMILES string of the molecule is COC(=O)c1ccc(-c2csc(N3[C@H](C)CC(OCc4c(-c5ccccc5OC(F)(F)F)noc4C4CC4)C[C@@H]3C)n2)c(C)c1. The van der Waals surface area contributed by atoms with E-state index < -0.39 is 6.36 Å². The average Bonchev–Trinajstić information content (AvgIpc) is 3.57. The zero-order valence-electron chi connectivity index (χ0n) is 25.4. The highest BCUT2D eigenvalue weighted by Gasteiger charge is 2.37. The molecule has 2 aliphatic rings. The number of carbonyl (C=O) groups is 1. The number of thiazole rings is 1. The molecule has 12 heteroatoms. The number of esters is 1. The maximum Gasteiger partial charge on any atom is 0.573 e. The Morgan fingerprint density at radius 3 is 2.49 bits per heavy atom. The Kier molecular flexibility index (Phi) is 8.62. The van der Waals surface area contributed by atoms with E-state index in [1.54, 1.807) is 29.5 Å². The third-order valence-corrected chi connectivity index (χ3v) is 9.25. The lowest BCUT2D eigenvalue weighted by molar-refractivity contribution is -0.274. The van der Waals surface area contributed by atoms with Crippen LogP contribution < -0.4 is 9.64 Å². The van der Waals surface area contributed by atoms with Gasteiger partial charge in [-0.25, -0.2) is 9.78 Å². The molecule has 2 aromatic carbocycles. The predicted octanol–water partition coefficient (Wildman–Crippen LogP) is 8.30. The van der Waals surface area contributed by atoms with Crippen LogP contribution in [0.3, 0.4) is 0 Å². The van der Waals surface area contributed by atoms with Gasteiger partial charge in [-0.1, -0.05) is 23.4 Å². The maximum atomic E-state index is 13.1. The summed E-state index contributed by atoms with van der Waals surface area (Å²) in [6, 6.07) is 11.7. The summed E-state index contributed by atoms with van der Waals surface area (Å²) >= 11 is 1.58. The van der Waals surface area contributed by atoms with Crippen LogP contribution in [-0.2, 0) is 16.1 Å². The number of nitrogens with zero attached hydrogens (tertiary/aromatic N) is 3. The van der Waals surface area contributed by atoms with Crippen molar-refractivity contribution in [2.45, 2.75) is 83.5 Å². The number of piperidine rings is 1. The number of aryl methyl sites for hydroxylation is 1. The molecule has 1 saturated heterocycles. The van der Waals surface area contributed by atoms with E-state index in [2.05, 4.69) is 28.6 Å². The molecule has 2 fully saturated rings. The van der Waals surface area contributed by atoms with E-state index in [4.69, 9.17) is 19.0 Å². The number of ether oxygens (including phenoxy) is 3. The van der Waals surface area contributed by atoms with Crippen LogP contribution in [0.15, 0.2) is 52.4 Å².